The van der Waals surface area contributed by atoms with E-state index in [1.807, 2.05) is 6.07 Å². The van der Waals surface area contributed by atoms with Gasteiger partial charge in [0.05, 0.1) is 32.9 Å². The fourth-order valence-electron chi connectivity index (χ4n) is 4.26. The summed E-state index contributed by atoms with van der Waals surface area (Å²) in [6.07, 6.45) is 3.84. The van der Waals surface area contributed by atoms with Crippen LogP contribution in [0.1, 0.15) is 37.8 Å². The van der Waals surface area contributed by atoms with E-state index in [0.717, 1.165) is 70.7 Å². The van der Waals surface area contributed by atoms with Gasteiger partial charge in [-0.2, -0.15) is 0 Å². The number of hydrogen-bond acceptors (Lipinski definition) is 5. The number of nitrogens with one attached hydrogen (secondary N) is 2. The molecule has 0 radical (unpaired) electrons. The van der Waals surface area contributed by atoms with Crippen molar-refractivity contribution in [3.05, 3.63) is 29.8 Å². The van der Waals surface area contributed by atoms with E-state index in [-0.39, 0.29) is 30.0 Å². The molecule has 0 aromatic heterocycles. The number of likely N-dealkylation sites (tertiary alicyclic amines) is 1. The van der Waals surface area contributed by atoms with Gasteiger partial charge in [-0.1, -0.05) is 24.6 Å². The summed E-state index contributed by atoms with van der Waals surface area (Å²) in [6, 6.07) is 8.62. The molecule has 0 aliphatic carbocycles. The number of guanidine groups is 1. The molecule has 31 heavy (non-hydrogen) atoms. The van der Waals surface area contributed by atoms with Crippen LogP contribution in [0, 0.1) is 0 Å². The summed E-state index contributed by atoms with van der Waals surface area (Å²) in [6.45, 7) is 11.5. The van der Waals surface area contributed by atoms with Gasteiger partial charge < -0.3 is 20.1 Å². The Hall–Kier alpha value is -1.10. The molecule has 2 N–H and O–H groups in total. The molecular formula is C23H40IN5O2. The van der Waals surface area contributed by atoms with E-state index in [9.17, 15) is 0 Å². The summed E-state index contributed by atoms with van der Waals surface area (Å²) in [5.74, 6) is 1.84. The average Bonchev–Trinajstić information content (AvgIpc) is 2.81. The van der Waals surface area contributed by atoms with E-state index >= 15 is 0 Å². The number of ether oxygens (including phenoxy) is 2. The Balaban J connectivity index is 0.00000341. The summed E-state index contributed by atoms with van der Waals surface area (Å²) in [5, 5.41) is 6.92. The summed E-state index contributed by atoms with van der Waals surface area (Å²) in [5.41, 5.74) is 1.23. The van der Waals surface area contributed by atoms with Gasteiger partial charge in [0, 0.05) is 38.3 Å². The number of benzene rings is 1. The zero-order valence-corrected chi connectivity index (χ0v) is 21.5. The summed E-state index contributed by atoms with van der Waals surface area (Å²) in [4.78, 5) is 9.98. The Labute approximate surface area is 205 Å². The number of piperidine rings is 1. The van der Waals surface area contributed by atoms with Crippen LogP contribution in [-0.2, 0) is 4.74 Å². The number of aliphatic imine (C=N–C) groups is 1. The number of methoxy groups -OCH3 is 1. The summed E-state index contributed by atoms with van der Waals surface area (Å²) >= 11 is 0. The average molecular weight is 546 g/mol. The maximum atomic E-state index is 5.68. The van der Waals surface area contributed by atoms with Crippen molar-refractivity contribution < 1.29 is 9.47 Å². The molecule has 1 atom stereocenters. The van der Waals surface area contributed by atoms with E-state index in [4.69, 9.17) is 14.5 Å². The highest BCUT2D eigenvalue weighted by atomic mass is 127. The van der Waals surface area contributed by atoms with Crippen LogP contribution in [0.3, 0.4) is 0 Å². The molecule has 2 heterocycles. The first-order valence-electron chi connectivity index (χ1n) is 11.5. The highest BCUT2D eigenvalue weighted by Crippen LogP contribution is 2.31. The second-order valence-electron chi connectivity index (χ2n) is 7.95. The Morgan fingerprint density at radius 3 is 2.55 bits per heavy atom. The number of rotatable bonds is 9. The smallest absolute Gasteiger partial charge is 0.191 e. The third kappa shape index (κ3) is 8.40. The predicted octanol–water partition coefficient (Wildman–Crippen LogP) is 2.73. The Morgan fingerprint density at radius 1 is 1.10 bits per heavy atom. The van der Waals surface area contributed by atoms with Crippen LogP contribution in [0.15, 0.2) is 29.3 Å². The maximum absolute atomic E-state index is 5.68. The van der Waals surface area contributed by atoms with Gasteiger partial charge >= 0.3 is 0 Å². The summed E-state index contributed by atoms with van der Waals surface area (Å²) < 4.78 is 11.1. The van der Waals surface area contributed by atoms with Crippen molar-refractivity contribution in [2.75, 3.05) is 72.7 Å². The molecule has 1 unspecified atom stereocenters. The van der Waals surface area contributed by atoms with Crippen LogP contribution in [0.5, 0.6) is 5.75 Å². The third-order valence-electron chi connectivity index (χ3n) is 5.92. The number of hydrogen-bond donors (Lipinski definition) is 2. The number of para-hydroxylation sites is 1. The monoisotopic (exact) mass is 545 g/mol. The largest absolute Gasteiger partial charge is 0.496 e. The van der Waals surface area contributed by atoms with Crippen molar-refractivity contribution in [2.24, 2.45) is 4.99 Å². The minimum Gasteiger partial charge on any atom is -0.496 e. The molecule has 2 aliphatic rings. The second kappa shape index (κ2) is 14.9. The molecule has 0 bridgehead atoms. The zero-order valence-electron chi connectivity index (χ0n) is 19.1. The van der Waals surface area contributed by atoms with Gasteiger partial charge in [-0.3, -0.25) is 14.8 Å². The van der Waals surface area contributed by atoms with Gasteiger partial charge in [0.1, 0.15) is 5.75 Å². The van der Waals surface area contributed by atoms with Gasteiger partial charge in [0.2, 0.25) is 0 Å². The molecule has 1 aromatic carbocycles. The molecule has 2 aliphatic heterocycles. The van der Waals surface area contributed by atoms with Gasteiger partial charge in [0.15, 0.2) is 5.96 Å². The van der Waals surface area contributed by atoms with Crippen LogP contribution in [-0.4, -0.2) is 88.4 Å². The van der Waals surface area contributed by atoms with Crippen molar-refractivity contribution >= 4 is 29.9 Å². The fraction of sp³-hybridized carbons (Fsp3) is 0.696. The number of nitrogens with zero attached hydrogens (tertiary/aromatic N) is 3. The molecule has 2 fully saturated rings. The van der Waals surface area contributed by atoms with Crippen LogP contribution in [0.2, 0.25) is 0 Å². The molecule has 2 saturated heterocycles. The van der Waals surface area contributed by atoms with Crippen LogP contribution in [0.25, 0.3) is 0 Å². The highest BCUT2D eigenvalue weighted by Gasteiger charge is 2.24. The standard InChI is InChI=1S/C23H39N5O2.HI/c1-3-24-23(25-11-14-27-15-17-30-18-16-27)26-19-21(28-12-7-4-8-13-28)20-9-5-6-10-22(20)29-2;/h5-6,9-10,21H,3-4,7-8,11-19H2,1-2H3,(H2,24,25,26);1H. The van der Waals surface area contributed by atoms with Crippen molar-refractivity contribution in [3.63, 3.8) is 0 Å². The quantitative estimate of drug-likeness (QED) is 0.283. The molecule has 0 spiro atoms. The second-order valence-corrected chi connectivity index (χ2v) is 7.95. The van der Waals surface area contributed by atoms with Crippen molar-refractivity contribution in [3.8, 4) is 5.75 Å². The number of halogens is 1. The van der Waals surface area contributed by atoms with Gasteiger partial charge in [0.25, 0.3) is 0 Å². The lowest BCUT2D eigenvalue weighted by Crippen LogP contribution is -2.44. The molecule has 1 aromatic rings. The van der Waals surface area contributed by atoms with Crippen LogP contribution < -0.4 is 15.4 Å². The van der Waals surface area contributed by atoms with E-state index in [0.29, 0.717) is 6.54 Å². The first-order chi connectivity index (χ1) is 14.8. The Bertz CT molecular complexity index is 649. The summed E-state index contributed by atoms with van der Waals surface area (Å²) in [7, 11) is 1.76. The van der Waals surface area contributed by atoms with Gasteiger partial charge in [-0.15, -0.1) is 24.0 Å². The number of morpholine rings is 1. The molecular weight excluding hydrogens is 505 g/mol. The van der Waals surface area contributed by atoms with Crippen molar-refractivity contribution in [1.29, 1.82) is 0 Å². The molecule has 0 saturated carbocycles. The fourth-order valence-corrected chi connectivity index (χ4v) is 4.26. The molecule has 0 amide bonds. The minimum atomic E-state index is 0. The Kier molecular flexibility index (Phi) is 12.5. The predicted molar refractivity (Wildman–Crippen MR) is 138 cm³/mol. The van der Waals surface area contributed by atoms with Gasteiger partial charge in [-0.25, -0.2) is 0 Å². The molecule has 3 rings (SSSR count). The van der Waals surface area contributed by atoms with E-state index in [2.05, 4.69) is 45.6 Å². The Morgan fingerprint density at radius 2 is 1.84 bits per heavy atom. The van der Waals surface area contributed by atoms with Crippen LogP contribution >= 0.6 is 24.0 Å². The molecule has 8 heteroatoms. The maximum Gasteiger partial charge on any atom is 0.191 e. The lowest BCUT2D eigenvalue weighted by atomic mass is 10.0. The third-order valence-corrected chi connectivity index (χ3v) is 5.92. The highest BCUT2D eigenvalue weighted by molar-refractivity contribution is 14.0. The van der Waals surface area contributed by atoms with Crippen LogP contribution in [0.4, 0.5) is 0 Å². The van der Waals surface area contributed by atoms with E-state index < -0.39 is 0 Å². The first kappa shape index (κ1) is 26.2. The van der Waals surface area contributed by atoms with Gasteiger partial charge in [-0.05, 0) is 38.9 Å². The first-order valence-corrected chi connectivity index (χ1v) is 11.5. The van der Waals surface area contributed by atoms with Crippen molar-refractivity contribution in [2.45, 2.75) is 32.2 Å². The lowest BCUT2D eigenvalue weighted by Gasteiger charge is -2.34. The van der Waals surface area contributed by atoms with E-state index in [1.54, 1.807) is 7.11 Å². The minimum absolute atomic E-state index is 0. The molecule has 7 nitrogen and oxygen atoms in total. The SMILES string of the molecule is CCNC(=NCC(c1ccccc1OC)N1CCCCC1)NCCN1CCOCC1.I. The van der Waals surface area contributed by atoms with Crippen molar-refractivity contribution in [1.82, 2.24) is 20.4 Å². The molecule has 176 valence electrons. The van der Waals surface area contributed by atoms with E-state index in [1.165, 1.54) is 24.8 Å². The normalized spacial score (nSPS) is 19.4. The lowest BCUT2D eigenvalue weighted by molar-refractivity contribution is 0.0389. The zero-order chi connectivity index (χ0) is 21.0. The topological polar surface area (TPSA) is 61.4 Å².